The number of quaternary nitrogens is 2. The van der Waals surface area contributed by atoms with Gasteiger partial charge in [0.15, 0.2) is 0 Å². The molecule has 0 bridgehead atoms. The maximum absolute atomic E-state index is 9.76. The Kier molecular flexibility index (Phi) is 9.09. The second-order valence-corrected chi connectivity index (χ2v) is 7.61. The van der Waals surface area contributed by atoms with E-state index < -0.39 is 11.9 Å². The Hall–Kier alpha value is -1.40. The summed E-state index contributed by atoms with van der Waals surface area (Å²) >= 11 is 0. The van der Waals surface area contributed by atoms with Crippen molar-refractivity contribution in [3.05, 3.63) is 11.6 Å². The third kappa shape index (κ3) is 11.8. The molecule has 2 fully saturated rings. The highest BCUT2D eigenvalue weighted by Gasteiger charge is 2.20. The molecular formula is C17H32N2O4. The molecule has 2 rings (SSSR count). The molecule has 2 aliphatic rings. The summed E-state index contributed by atoms with van der Waals surface area (Å²) < 4.78 is 2.50. The van der Waals surface area contributed by atoms with Gasteiger partial charge in [0.25, 0.3) is 0 Å². The summed E-state index contributed by atoms with van der Waals surface area (Å²) in [6.07, 6.45) is 6.22. The first-order valence-corrected chi connectivity index (χ1v) is 8.20. The van der Waals surface area contributed by atoms with E-state index in [2.05, 4.69) is 28.2 Å². The minimum Gasteiger partial charge on any atom is -0.545 e. The Balaban J connectivity index is 0.000000318. The summed E-state index contributed by atoms with van der Waals surface area (Å²) in [6, 6.07) is 0. The van der Waals surface area contributed by atoms with Crippen LogP contribution in [0.1, 0.15) is 32.6 Å². The van der Waals surface area contributed by atoms with E-state index >= 15 is 0 Å². The van der Waals surface area contributed by atoms with E-state index in [-0.39, 0.29) is 5.57 Å². The summed E-state index contributed by atoms with van der Waals surface area (Å²) in [6.45, 7) is 6.67. The lowest BCUT2D eigenvalue weighted by Crippen LogP contribution is -2.35. The first-order valence-electron chi connectivity index (χ1n) is 8.20. The quantitative estimate of drug-likeness (QED) is 0.488. The van der Waals surface area contributed by atoms with Gasteiger partial charge in [-0.25, -0.2) is 0 Å². The number of carbonyl (C=O) groups is 2. The van der Waals surface area contributed by atoms with Crippen LogP contribution in [0.5, 0.6) is 0 Å². The SMILES string of the molecule is C/C(=C/C(=O)[O-])C(=O)[O-].C[N+]1(C)CCCC1.C[N+]1(C)CCCC1. The zero-order valence-corrected chi connectivity index (χ0v) is 15.3. The maximum Gasteiger partial charge on any atom is 0.0784 e. The van der Waals surface area contributed by atoms with Gasteiger partial charge in [0, 0.05) is 25.7 Å². The van der Waals surface area contributed by atoms with Crippen LogP contribution in [0, 0.1) is 0 Å². The number of nitrogens with zero attached hydrogens (tertiary/aromatic N) is 2. The van der Waals surface area contributed by atoms with E-state index in [9.17, 15) is 19.8 Å². The Bertz CT molecular complexity index is 392. The van der Waals surface area contributed by atoms with Crippen LogP contribution in [0.25, 0.3) is 0 Å². The molecule has 0 unspecified atom stereocenters. The average molecular weight is 328 g/mol. The summed E-state index contributed by atoms with van der Waals surface area (Å²) in [7, 11) is 9.19. The third-order valence-corrected chi connectivity index (χ3v) is 4.21. The van der Waals surface area contributed by atoms with Crippen LogP contribution in [0.4, 0.5) is 0 Å². The minimum atomic E-state index is -1.53. The fourth-order valence-electron chi connectivity index (χ4n) is 2.62. The van der Waals surface area contributed by atoms with Crippen LogP contribution in [-0.2, 0) is 9.59 Å². The predicted octanol–water partition coefficient (Wildman–Crippen LogP) is -0.854. The van der Waals surface area contributed by atoms with E-state index in [0.717, 1.165) is 6.92 Å². The molecule has 0 aromatic heterocycles. The molecule has 0 N–H and O–H groups in total. The fourth-order valence-corrected chi connectivity index (χ4v) is 2.62. The molecule has 0 spiro atoms. The van der Waals surface area contributed by atoms with Crippen molar-refractivity contribution in [1.29, 1.82) is 0 Å². The molecule has 0 radical (unpaired) electrons. The average Bonchev–Trinajstić information content (AvgIpc) is 2.97. The van der Waals surface area contributed by atoms with Gasteiger partial charge in [-0.15, -0.1) is 0 Å². The van der Waals surface area contributed by atoms with Crippen molar-refractivity contribution in [2.75, 3.05) is 54.4 Å². The van der Waals surface area contributed by atoms with Gasteiger partial charge in [-0.1, -0.05) is 0 Å². The van der Waals surface area contributed by atoms with Gasteiger partial charge in [0.05, 0.1) is 66.3 Å². The summed E-state index contributed by atoms with van der Waals surface area (Å²) in [5, 5.41) is 19.4. The molecule has 6 heteroatoms. The summed E-state index contributed by atoms with van der Waals surface area (Å²) in [5.74, 6) is -3.03. The molecule has 0 atom stereocenters. The molecule has 0 aliphatic carbocycles. The second-order valence-electron chi connectivity index (χ2n) is 7.61. The maximum atomic E-state index is 9.76. The van der Waals surface area contributed by atoms with Crippen LogP contribution in [0.15, 0.2) is 11.6 Å². The van der Waals surface area contributed by atoms with Crippen LogP contribution < -0.4 is 10.2 Å². The number of aliphatic carboxylic acids is 2. The number of carboxylic acid groups (broad SMARTS) is 2. The van der Waals surface area contributed by atoms with Gasteiger partial charge in [-0.2, -0.15) is 0 Å². The Morgan fingerprint density at radius 3 is 1.17 bits per heavy atom. The lowest BCUT2D eigenvalue weighted by Gasteiger charge is -2.21. The van der Waals surface area contributed by atoms with Crippen LogP contribution in [-0.4, -0.2) is 75.3 Å². The number of carbonyl (C=O) groups excluding carboxylic acids is 2. The zero-order chi connectivity index (χ0) is 18.1. The van der Waals surface area contributed by atoms with Gasteiger partial charge in [-0.05, 0) is 18.6 Å². The molecule has 0 aromatic carbocycles. The number of carboxylic acids is 2. The Labute approximate surface area is 140 Å². The lowest BCUT2D eigenvalue weighted by atomic mass is 10.3. The van der Waals surface area contributed by atoms with Gasteiger partial charge in [0.1, 0.15) is 0 Å². The standard InChI is InChI=1S/2C6H14N.C5H6O4/c2*1-7(2)5-3-4-6-7;1-3(5(8)9)2-4(6)7/h2*3-6H2,1-2H3;2H,1H3,(H,6,7)(H,8,9)/q2*+1;/p-2/b;;3-2-. The van der Waals surface area contributed by atoms with Crippen molar-refractivity contribution in [2.24, 2.45) is 0 Å². The number of hydrogen-bond donors (Lipinski definition) is 0. The largest absolute Gasteiger partial charge is 0.545 e. The first kappa shape index (κ1) is 21.6. The second kappa shape index (κ2) is 9.67. The number of rotatable bonds is 2. The highest BCUT2D eigenvalue weighted by Crippen LogP contribution is 2.11. The summed E-state index contributed by atoms with van der Waals surface area (Å²) in [4.78, 5) is 19.4. The predicted molar refractivity (Wildman–Crippen MR) is 85.9 cm³/mol. The van der Waals surface area contributed by atoms with Crippen LogP contribution >= 0.6 is 0 Å². The van der Waals surface area contributed by atoms with Crippen LogP contribution in [0.3, 0.4) is 0 Å². The monoisotopic (exact) mass is 328 g/mol. The van der Waals surface area contributed by atoms with E-state index in [1.165, 1.54) is 60.8 Å². The van der Waals surface area contributed by atoms with Crippen molar-refractivity contribution in [2.45, 2.75) is 32.6 Å². The molecule has 0 aromatic rings. The number of hydrogen-bond acceptors (Lipinski definition) is 4. The molecule has 0 saturated carbocycles. The smallest absolute Gasteiger partial charge is 0.0784 e. The van der Waals surface area contributed by atoms with Crippen LogP contribution in [0.2, 0.25) is 0 Å². The Morgan fingerprint density at radius 1 is 0.783 bits per heavy atom. The summed E-state index contributed by atoms with van der Waals surface area (Å²) in [5.41, 5.74) is -0.352. The van der Waals surface area contributed by atoms with Gasteiger partial charge >= 0.3 is 0 Å². The van der Waals surface area contributed by atoms with Gasteiger partial charge < -0.3 is 28.8 Å². The van der Waals surface area contributed by atoms with Crippen molar-refractivity contribution >= 4 is 11.9 Å². The molecule has 134 valence electrons. The van der Waals surface area contributed by atoms with E-state index in [1.807, 2.05) is 0 Å². The minimum absolute atomic E-state index is 0.352. The topological polar surface area (TPSA) is 80.3 Å². The molecule has 6 nitrogen and oxygen atoms in total. The van der Waals surface area contributed by atoms with Gasteiger partial charge in [0.2, 0.25) is 0 Å². The van der Waals surface area contributed by atoms with Crippen molar-refractivity contribution in [1.82, 2.24) is 0 Å². The highest BCUT2D eigenvalue weighted by atomic mass is 16.4. The molecule has 0 amide bonds. The fraction of sp³-hybridized carbons (Fsp3) is 0.765. The normalized spacial score (nSPS) is 21.5. The number of likely N-dealkylation sites (tertiary alicyclic amines) is 2. The molecule has 2 saturated heterocycles. The molecular weight excluding hydrogens is 296 g/mol. The van der Waals surface area contributed by atoms with Crippen molar-refractivity contribution < 1.29 is 28.8 Å². The van der Waals surface area contributed by atoms with E-state index in [1.54, 1.807) is 0 Å². The molecule has 2 aliphatic heterocycles. The molecule has 2 heterocycles. The van der Waals surface area contributed by atoms with E-state index in [0.29, 0.717) is 6.08 Å². The molecule has 23 heavy (non-hydrogen) atoms. The Morgan fingerprint density at radius 2 is 1.09 bits per heavy atom. The highest BCUT2D eigenvalue weighted by molar-refractivity contribution is 5.92. The third-order valence-electron chi connectivity index (χ3n) is 4.21. The van der Waals surface area contributed by atoms with Gasteiger partial charge in [-0.3, -0.25) is 0 Å². The van der Waals surface area contributed by atoms with Crippen molar-refractivity contribution in [3.8, 4) is 0 Å². The first-order chi connectivity index (χ1) is 10.5. The lowest BCUT2D eigenvalue weighted by molar-refractivity contribution is -0.877. The zero-order valence-electron chi connectivity index (χ0n) is 15.3. The van der Waals surface area contributed by atoms with Crippen molar-refractivity contribution in [3.63, 3.8) is 0 Å². The van der Waals surface area contributed by atoms with E-state index in [4.69, 9.17) is 0 Å².